The van der Waals surface area contributed by atoms with Crippen LogP contribution in [0.3, 0.4) is 0 Å². The SMILES string of the molecule is Cl.O=C(NCC1CNC1)C1CCCN(S(=O)(=O)c2ccc(F)cc2)C1. The van der Waals surface area contributed by atoms with E-state index in [-0.39, 0.29) is 35.7 Å². The van der Waals surface area contributed by atoms with Crippen molar-refractivity contribution < 1.29 is 17.6 Å². The average Bonchev–Trinajstić information content (AvgIpc) is 2.54. The summed E-state index contributed by atoms with van der Waals surface area (Å²) < 4.78 is 39.6. The van der Waals surface area contributed by atoms with Crippen LogP contribution in [-0.2, 0) is 14.8 Å². The van der Waals surface area contributed by atoms with E-state index < -0.39 is 15.8 Å². The van der Waals surface area contributed by atoms with Crippen LogP contribution >= 0.6 is 12.4 Å². The molecule has 0 bridgehead atoms. The van der Waals surface area contributed by atoms with Crippen LogP contribution in [0, 0.1) is 17.7 Å². The van der Waals surface area contributed by atoms with E-state index in [9.17, 15) is 17.6 Å². The summed E-state index contributed by atoms with van der Waals surface area (Å²) >= 11 is 0. The summed E-state index contributed by atoms with van der Waals surface area (Å²) in [6.07, 6.45) is 1.33. The zero-order valence-electron chi connectivity index (χ0n) is 13.8. The molecule has 2 fully saturated rings. The van der Waals surface area contributed by atoms with E-state index in [1.165, 1.54) is 16.4 Å². The molecule has 3 rings (SSSR count). The summed E-state index contributed by atoms with van der Waals surface area (Å²) in [5.74, 6) is -0.421. The fourth-order valence-electron chi connectivity index (χ4n) is 3.01. The third kappa shape index (κ3) is 4.69. The molecule has 0 saturated carbocycles. The zero-order valence-corrected chi connectivity index (χ0v) is 15.4. The largest absolute Gasteiger partial charge is 0.355 e. The molecular weight excluding hydrogens is 369 g/mol. The third-order valence-electron chi connectivity index (χ3n) is 4.64. The number of nitrogens with zero attached hydrogens (tertiary/aromatic N) is 1. The highest BCUT2D eigenvalue weighted by Crippen LogP contribution is 2.24. The molecule has 140 valence electrons. The predicted molar refractivity (Wildman–Crippen MR) is 94.5 cm³/mol. The van der Waals surface area contributed by atoms with E-state index in [2.05, 4.69) is 10.6 Å². The Hall–Kier alpha value is -1.22. The first-order valence-corrected chi connectivity index (χ1v) is 9.65. The number of carbonyl (C=O) groups is 1. The van der Waals surface area contributed by atoms with Crippen molar-refractivity contribution in [2.45, 2.75) is 17.7 Å². The van der Waals surface area contributed by atoms with Crippen molar-refractivity contribution in [3.05, 3.63) is 30.1 Å². The molecule has 2 heterocycles. The Morgan fingerprint density at radius 1 is 1.28 bits per heavy atom. The van der Waals surface area contributed by atoms with Crippen LogP contribution in [-0.4, -0.2) is 51.4 Å². The van der Waals surface area contributed by atoms with Gasteiger partial charge in [-0.25, -0.2) is 12.8 Å². The van der Waals surface area contributed by atoms with Crippen molar-refractivity contribution in [2.24, 2.45) is 11.8 Å². The van der Waals surface area contributed by atoms with Gasteiger partial charge in [-0.05, 0) is 37.1 Å². The molecule has 6 nitrogen and oxygen atoms in total. The smallest absolute Gasteiger partial charge is 0.243 e. The van der Waals surface area contributed by atoms with Crippen molar-refractivity contribution in [3.63, 3.8) is 0 Å². The highest BCUT2D eigenvalue weighted by Gasteiger charge is 2.33. The molecule has 0 spiro atoms. The number of halogens is 2. The van der Waals surface area contributed by atoms with Crippen molar-refractivity contribution in [3.8, 4) is 0 Å². The molecule has 1 aromatic carbocycles. The molecule has 0 aromatic heterocycles. The van der Waals surface area contributed by atoms with Crippen molar-refractivity contribution in [2.75, 3.05) is 32.7 Å². The molecule has 25 heavy (non-hydrogen) atoms. The number of hydrogen-bond acceptors (Lipinski definition) is 4. The minimum absolute atomic E-state index is 0. The third-order valence-corrected chi connectivity index (χ3v) is 6.52. The highest BCUT2D eigenvalue weighted by atomic mass is 35.5. The molecule has 2 aliphatic rings. The Kier molecular flexibility index (Phi) is 6.79. The monoisotopic (exact) mass is 391 g/mol. The molecular formula is C16H23ClFN3O3S. The van der Waals surface area contributed by atoms with Crippen molar-refractivity contribution >= 4 is 28.3 Å². The van der Waals surface area contributed by atoms with Crippen LogP contribution in [0.1, 0.15) is 12.8 Å². The molecule has 0 aliphatic carbocycles. The summed E-state index contributed by atoms with van der Waals surface area (Å²) in [5, 5.41) is 6.07. The number of benzene rings is 1. The number of carbonyl (C=O) groups excluding carboxylic acids is 1. The summed E-state index contributed by atoms with van der Waals surface area (Å²) in [4.78, 5) is 12.4. The first kappa shape index (κ1) is 20.1. The van der Waals surface area contributed by atoms with Crippen LogP contribution in [0.5, 0.6) is 0 Å². The van der Waals surface area contributed by atoms with E-state index in [1.807, 2.05) is 0 Å². The van der Waals surface area contributed by atoms with E-state index >= 15 is 0 Å². The molecule has 1 atom stereocenters. The molecule has 0 radical (unpaired) electrons. The van der Waals surface area contributed by atoms with Crippen LogP contribution in [0.4, 0.5) is 4.39 Å². The Balaban J connectivity index is 0.00000225. The standard InChI is InChI=1S/C16H22FN3O3S.ClH/c17-14-3-5-15(6-4-14)24(22,23)20-7-1-2-13(11-20)16(21)19-10-12-8-18-9-12;/h3-6,12-13,18H,1-2,7-11H2,(H,19,21);1H. The van der Waals surface area contributed by atoms with Gasteiger partial charge in [0.25, 0.3) is 0 Å². The van der Waals surface area contributed by atoms with Gasteiger partial charge in [0.05, 0.1) is 10.8 Å². The Bertz CT molecular complexity index is 695. The van der Waals surface area contributed by atoms with E-state index in [0.717, 1.165) is 25.2 Å². The lowest BCUT2D eigenvalue weighted by atomic mass is 9.98. The molecule has 9 heteroatoms. The first-order chi connectivity index (χ1) is 11.5. The molecule has 1 unspecified atom stereocenters. The predicted octanol–water partition coefficient (Wildman–Crippen LogP) is 0.984. The number of piperidine rings is 1. The number of amides is 1. The van der Waals surface area contributed by atoms with E-state index in [4.69, 9.17) is 0 Å². The molecule has 1 aromatic rings. The number of hydrogen-bond donors (Lipinski definition) is 2. The molecule has 2 aliphatic heterocycles. The minimum atomic E-state index is -3.69. The summed E-state index contributed by atoms with van der Waals surface area (Å²) in [6, 6.07) is 4.79. The maximum atomic E-state index is 13.0. The van der Waals surface area contributed by atoms with Gasteiger partial charge in [0.1, 0.15) is 5.82 Å². The van der Waals surface area contributed by atoms with Crippen LogP contribution in [0.15, 0.2) is 29.2 Å². The second-order valence-electron chi connectivity index (χ2n) is 6.43. The van der Waals surface area contributed by atoms with Gasteiger partial charge in [-0.15, -0.1) is 12.4 Å². The quantitative estimate of drug-likeness (QED) is 0.784. The summed E-state index contributed by atoms with van der Waals surface area (Å²) in [7, 11) is -3.69. The highest BCUT2D eigenvalue weighted by molar-refractivity contribution is 7.89. The fraction of sp³-hybridized carbons (Fsp3) is 0.562. The second kappa shape index (κ2) is 8.44. The van der Waals surface area contributed by atoms with E-state index in [0.29, 0.717) is 31.8 Å². The second-order valence-corrected chi connectivity index (χ2v) is 8.36. The van der Waals surface area contributed by atoms with Gasteiger partial charge in [-0.3, -0.25) is 4.79 Å². The van der Waals surface area contributed by atoms with Gasteiger partial charge in [0.15, 0.2) is 0 Å². The lowest BCUT2D eigenvalue weighted by molar-refractivity contribution is -0.126. The van der Waals surface area contributed by atoms with Crippen LogP contribution < -0.4 is 10.6 Å². The lowest BCUT2D eigenvalue weighted by Gasteiger charge is -2.32. The summed E-state index contributed by atoms with van der Waals surface area (Å²) in [5.41, 5.74) is 0. The Morgan fingerprint density at radius 3 is 2.56 bits per heavy atom. The first-order valence-electron chi connectivity index (χ1n) is 8.21. The fourth-order valence-corrected chi connectivity index (χ4v) is 4.54. The maximum absolute atomic E-state index is 13.0. The maximum Gasteiger partial charge on any atom is 0.243 e. The van der Waals surface area contributed by atoms with Crippen molar-refractivity contribution in [1.82, 2.24) is 14.9 Å². The molecule has 2 saturated heterocycles. The molecule has 2 N–H and O–H groups in total. The Morgan fingerprint density at radius 2 is 1.96 bits per heavy atom. The normalized spacial score (nSPS) is 21.9. The van der Waals surface area contributed by atoms with Crippen molar-refractivity contribution in [1.29, 1.82) is 0 Å². The topological polar surface area (TPSA) is 78.5 Å². The van der Waals surface area contributed by atoms with Crippen LogP contribution in [0.2, 0.25) is 0 Å². The summed E-state index contributed by atoms with van der Waals surface area (Å²) in [6.45, 7) is 3.02. The van der Waals surface area contributed by atoms with Crippen LogP contribution in [0.25, 0.3) is 0 Å². The number of sulfonamides is 1. The lowest BCUT2D eigenvalue weighted by Crippen LogP contribution is -2.50. The van der Waals surface area contributed by atoms with Gasteiger partial charge < -0.3 is 10.6 Å². The van der Waals surface area contributed by atoms with Gasteiger partial charge in [-0.2, -0.15) is 4.31 Å². The Labute approximate surface area is 153 Å². The number of nitrogens with one attached hydrogen (secondary N) is 2. The minimum Gasteiger partial charge on any atom is -0.355 e. The average molecular weight is 392 g/mol. The van der Waals surface area contributed by atoms with Gasteiger partial charge in [0, 0.05) is 38.6 Å². The van der Waals surface area contributed by atoms with E-state index in [1.54, 1.807) is 0 Å². The zero-order chi connectivity index (χ0) is 17.2. The molecule has 1 amide bonds. The van der Waals surface area contributed by atoms with Gasteiger partial charge >= 0.3 is 0 Å². The number of rotatable bonds is 5. The van der Waals surface area contributed by atoms with Gasteiger partial charge in [-0.1, -0.05) is 0 Å². The van der Waals surface area contributed by atoms with Gasteiger partial charge in [0.2, 0.25) is 15.9 Å².